The minimum absolute atomic E-state index is 0.0884. The van der Waals surface area contributed by atoms with Crippen molar-refractivity contribution in [1.82, 2.24) is 0 Å². The molecule has 0 radical (unpaired) electrons. The molecule has 4 nitrogen and oxygen atoms in total. The zero-order chi connectivity index (χ0) is 15.7. The summed E-state index contributed by atoms with van der Waals surface area (Å²) in [6.45, 7) is 15.7. The Bertz CT molecular complexity index is 382. The lowest BCUT2D eigenvalue weighted by Gasteiger charge is -2.36. The summed E-state index contributed by atoms with van der Waals surface area (Å²) in [6, 6.07) is 0. The molecule has 2 fully saturated rings. The van der Waals surface area contributed by atoms with E-state index in [-0.39, 0.29) is 25.1 Å². The number of hydrogen-bond acceptors (Lipinski definition) is 4. The minimum Gasteiger partial charge on any atom is -0.410 e. The van der Waals surface area contributed by atoms with Gasteiger partial charge in [-0.05, 0) is 19.3 Å². The average Bonchev–Trinajstić information content (AvgIpc) is 2.38. The van der Waals surface area contributed by atoms with Gasteiger partial charge in [0.2, 0.25) is 0 Å². The second kappa shape index (κ2) is 6.45. The molecule has 0 aromatic carbocycles. The quantitative estimate of drug-likeness (QED) is 0.750. The summed E-state index contributed by atoms with van der Waals surface area (Å²) in [5.41, 5.74) is 2.56. The fourth-order valence-corrected chi connectivity index (χ4v) is 2.45. The van der Waals surface area contributed by atoms with E-state index in [4.69, 9.17) is 18.6 Å². The van der Waals surface area contributed by atoms with Crippen molar-refractivity contribution in [1.29, 1.82) is 0 Å². The lowest BCUT2D eigenvalue weighted by molar-refractivity contribution is 0.0260. The van der Waals surface area contributed by atoms with Crippen LogP contribution in [0.4, 0.5) is 0 Å². The van der Waals surface area contributed by atoms with Crippen molar-refractivity contribution >= 4 is 14.2 Å². The normalized spacial score (nSPS) is 24.9. The molecule has 0 bridgehead atoms. The van der Waals surface area contributed by atoms with Crippen LogP contribution in [-0.4, -0.2) is 40.7 Å². The Morgan fingerprint density at radius 3 is 1.67 bits per heavy atom. The fraction of sp³-hybridized carbons (Fsp3) is 0.867. The first kappa shape index (κ1) is 17.1. The minimum atomic E-state index is -0.259. The molecule has 0 aromatic heterocycles. The van der Waals surface area contributed by atoms with Crippen molar-refractivity contribution in [2.24, 2.45) is 10.8 Å². The third-order valence-corrected chi connectivity index (χ3v) is 3.88. The predicted molar refractivity (Wildman–Crippen MR) is 86.1 cm³/mol. The third-order valence-electron chi connectivity index (χ3n) is 3.88. The first-order chi connectivity index (χ1) is 9.69. The molecule has 2 rings (SSSR count). The zero-order valence-corrected chi connectivity index (χ0v) is 14.3. The Kier molecular flexibility index (Phi) is 5.24. The van der Waals surface area contributed by atoms with Crippen molar-refractivity contribution in [3.05, 3.63) is 11.0 Å². The summed E-state index contributed by atoms with van der Waals surface area (Å²) in [7, 11) is -0.449. The van der Waals surface area contributed by atoms with Crippen LogP contribution in [0.25, 0.3) is 0 Å². The molecular weight excluding hydrogens is 266 g/mol. The Hall–Kier alpha value is -0.290. The van der Waals surface area contributed by atoms with E-state index in [0.29, 0.717) is 19.5 Å². The van der Waals surface area contributed by atoms with Crippen LogP contribution in [-0.2, 0) is 18.6 Å². The highest BCUT2D eigenvalue weighted by Crippen LogP contribution is 2.29. The largest absolute Gasteiger partial charge is 0.489 e. The van der Waals surface area contributed by atoms with Crippen LogP contribution >= 0.6 is 0 Å². The number of allylic oxidation sites excluding steroid dienone is 2. The van der Waals surface area contributed by atoms with E-state index >= 15 is 0 Å². The van der Waals surface area contributed by atoms with Gasteiger partial charge in [-0.15, -0.1) is 0 Å². The van der Waals surface area contributed by atoms with Gasteiger partial charge in [-0.1, -0.05) is 33.3 Å². The van der Waals surface area contributed by atoms with Crippen LogP contribution in [0.2, 0.25) is 6.32 Å². The maximum absolute atomic E-state index is 5.91. The monoisotopic (exact) mass is 294 g/mol. The highest BCUT2D eigenvalue weighted by molar-refractivity contribution is 6.59. The van der Waals surface area contributed by atoms with Crippen LogP contribution in [0.15, 0.2) is 11.0 Å². The summed E-state index contributed by atoms with van der Waals surface area (Å²) >= 11 is 0. The van der Waals surface area contributed by atoms with Crippen molar-refractivity contribution < 1.29 is 18.6 Å². The van der Waals surface area contributed by atoms with Crippen molar-refractivity contribution in [3.8, 4) is 0 Å². The molecule has 2 aliphatic heterocycles. The highest BCUT2D eigenvalue weighted by Gasteiger charge is 2.39. The molecule has 6 heteroatoms. The van der Waals surface area contributed by atoms with E-state index in [1.54, 1.807) is 0 Å². The van der Waals surface area contributed by atoms with Gasteiger partial charge in [-0.25, -0.2) is 0 Å². The molecule has 118 valence electrons. The topological polar surface area (TPSA) is 36.9 Å². The standard InChI is InChI=1S/C15H28B2O4/c1-12(2)13(17-20-10-15(5,6)11-21-17)7-16-18-8-14(3,4)9-19-16/h7-11H2,1-6H3. The molecule has 0 atom stereocenters. The zero-order valence-electron chi connectivity index (χ0n) is 14.3. The Morgan fingerprint density at radius 1 is 0.810 bits per heavy atom. The van der Waals surface area contributed by atoms with Gasteiger partial charge in [0.05, 0.1) is 0 Å². The van der Waals surface area contributed by atoms with Gasteiger partial charge in [-0.2, -0.15) is 0 Å². The van der Waals surface area contributed by atoms with Gasteiger partial charge in [0.1, 0.15) is 0 Å². The summed E-state index contributed by atoms with van der Waals surface area (Å²) in [4.78, 5) is 0. The lowest BCUT2D eigenvalue weighted by Crippen LogP contribution is -2.45. The maximum Gasteiger partial charge on any atom is 0.489 e. The van der Waals surface area contributed by atoms with Gasteiger partial charge in [-0.3, -0.25) is 0 Å². The SMILES string of the molecule is CC(C)=C(CB1OCC(C)(C)CO1)B1OCC(C)(C)CO1. The molecule has 0 aromatic rings. The van der Waals surface area contributed by atoms with Crippen LogP contribution in [0.3, 0.4) is 0 Å². The Labute approximate surface area is 129 Å². The average molecular weight is 294 g/mol. The number of hydrogen-bond donors (Lipinski definition) is 0. The Balaban J connectivity index is 1.94. The van der Waals surface area contributed by atoms with Gasteiger partial charge in [0.25, 0.3) is 0 Å². The first-order valence-electron chi connectivity index (χ1n) is 7.81. The van der Waals surface area contributed by atoms with Crippen molar-refractivity contribution in [2.75, 3.05) is 26.4 Å². The van der Waals surface area contributed by atoms with Crippen molar-refractivity contribution in [3.63, 3.8) is 0 Å². The smallest absolute Gasteiger partial charge is 0.410 e. The highest BCUT2D eigenvalue weighted by atomic mass is 16.6. The molecule has 0 N–H and O–H groups in total. The molecule has 0 unspecified atom stereocenters. The molecule has 2 heterocycles. The molecule has 21 heavy (non-hydrogen) atoms. The van der Waals surface area contributed by atoms with Gasteiger partial charge in [0, 0.05) is 43.6 Å². The van der Waals surface area contributed by atoms with Crippen LogP contribution < -0.4 is 0 Å². The van der Waals surface area contributed by atoms with Crippen LogP contribution in [0, 0.1) is 10.8 Å². The molecule has 0 spiro atoms. The molecular formula is C15H28B2O4. The van der Waals surface area contributed by atoms with E-state index in [1.807, 2.05) is 0 Å². The van der Waals surface area contributed by atoms with E-state index in [9.17, 15) is 0 Å². The molecule has 0 saturated carbocycles. The predicted octanol–water partition coefficient (Wildman–Crippen LogP) is 2.98. The maximum atomic E-state index is 5.91. The van der Waals surface area contributed by atoms with E-state index in [1.165, 1.54) is 5.57 Å². The van der Waals surface area contributed by atoms with Gasteiger partial charge < -0.3 is 18.6 Å². The van der Waals surface area contributed by atoms with E-state index in [2.05, 4.69) is 41.5 Å². The lowest BCUT2D eigenvalue weighted by atomic mass is 9.62. The second-order valence-corrected chi connectivity index (χ2v) is 8.06. The fourth-order valence-electron chi connectivity index (χ4n) is 2.45. The molecule has 2 aliphatic rings. The summed E-state index contributed by atoms with van der Waals surface area (Å²) in [5.74, 6) is 0. The second-order valence-electron chi connectivity index (χ2n) is 8.06. The summed E-state index contributed by atoms with van der Waals surface area (Å²) < 4.78 is 23.5. The molecule has 0 aliphatic carbocycles. The summed E-state index contributed by atoms with van der Waals surface area (Å²) in [5, 5.41) is 0. The van der Waals surface area contributed by atoms with E-state index < -0.39 is 0 Å². The van der Waals surface area contributed by atoms with E-state index in [0.717, 1.165) is 18.7 Å². The Morgan fingerprint density at radius 2 is 1.24 bits per heavy atom. The molecule has 0 amide bonds. The van der Waals surface area contributed by atoms with Gasteiger partial charge in [0.15, 0.2) is 0 Å². The summed E-state index contributed by atoms with van der Waals surface area (Å²) in [6.07, 6.45) is 0.712. The molecule has 2 saturated heterocycles. The first-order valence-corrected chi connectivity index (χ1v) is 7.81. The van der Waals surface area contributed by atoms with Gasteiger partial charge >= 0.3 is 14.2 Å². The van der Waals surface area contributed by atoms with Crippen LogP contribution in [0.1, 0.15) is 41.5 Å². The van der Waals surface area contributed by atoms with Crippen LogP contribution in [0.5, 0.6) is 0 Å². The number of rotatable bonds is 3. The van der Waals surface area contributed by atoms with Crippen molar-refractivity contribution in [2.45, 2.75) is 47.9 Å². The third kappa shape index (κ3) is 4.85.